The second-order valence-corrected chi connectivity index (χ2v) is 10.7. The van der Waals surface area contributed by atoms with Crippen molar-refractivity contribution >= 4 is 22.0 Å². The highest BCUT2D eigenvalue weighted by Gasteiger charge is 2.47. The maximum Gasteiger partial charge on any atom is 0.410 e. The Balaban J connectivity index is 1.43. The van der Waals surface area contributed by atoms with Crippen LogP contribution in [-0.4, -0.2) is 79.5 Å². The lowest BCUT2D eigenvalue weighted by Gasteiger charge is -2.40. The summed E-state index contributed by atoms with van der Waals surface area (Å²) in [5.74, 6) is -1.16. The number of carbonyl (C=O) groups excluding carboxylic acids is 2. The van der Waals surface area contributed by atoms with Crippen LogP contribution < -0.4 is 5.48 Å². The zero-order valence-corrected chi connectivity index (χ0v) is 18.7. The average molecular weight is 468 g/mol. The molecule has 2 N–H and O–H groups in total. The third-order valence-corrected chi connectivity index (χ3v) is 8.68. The van der Waals surface area contributed by atoms with Gasteiger partial charge in [-0.15, -0.1) is 0 Å². The Morgan fingerprint density at radius 2 is 1.91 bits per heavy atom. The van der Waals surface area contributed by atoms with E-state index in [0.29, 0.717) is 32.6 Å². The fraction of sp³-hybridized carbons (Fsp3) is 0.619. The third kappa shape index (κ3) is 4.75. The van der Waals surface area contributed by atoms with E-state index in [1.54, 1.807) is 5.48 Å². The summed E-state index contributed by atoms with van der Waals surface area (Å²) in [6.45, 7) is 1.86. The smallest absolute Gasteiger partial charge is 0.410 e. The topological polar surface area (TPSA) is 125 Å². The molecule has 10 nitrogen and oxygen atoms in total. The normalized spacial score (nSPS) is 23.4. The number of nitrogens with zero attached hydrogens (tertiary/aromatic N) is 2. The van der Waals surface area contributed by atoms with Crippen LogP contribution in [0.3, 0.4) is 0 Å². The fourth-order valence-electron chi connectivity index (χ4n) is 4.64. The standard InChI is InChI=1S/C21H29N3O7S/c25-19(22-27)21(7-10-23(11-8-21)20(26)31-18-6-12-30-14-18)15-32(28,29)24-9-5-16-3-1-2-4-17(16)13-24/h1-4,18,27H,5-15H2,(H,22,25)/t18-/m0/s1. The van der Waals surface area contributed by atoms with Gasteiger partial charge in [-0.3, -0.25) is 10.0 Å². The summed E-state index contributed by atoms with van der Waals surface area (Å²) in [6.07, 6.45) is 0.706. The summed E-state index contributed by atoms with van der Waals surface area (Å²) in [6, 6.07) is 7.71. The predicted octanol–water partition coefficient (Wildman–Crippen LogP) is 0.888. The largest absolute Gasteiger partial charge is 0.444 e. The molecule has 176 valence electrons. The minimum atomic E-state index is -3.79. The molecule has 0 saturated carbocycles. The predicted molar refractivity (Wildman–Crippen MR) is 113 cm³/mol. The maximum absolute atomic E-state index is 13.3. The number of likely N-dealkylation sites (tertiary alicyclic amines) is 1. The molecular weight excluding hydrogens is 438 g/mol. The molecule has 1 aromatic carbocycles. The van der Waals surface area contributed by atoms with Crippen LogP contribution in [-0.2, 0) is 37.3 Å². The van der Waals surface area contributed by atoms with Gasteiger partial charge in [-0.2, -0.15) is 4.31 Å². The van der Waals surface area contributed by atoms with Gasteiger partial charge in [0.15, 0.2) is 0 Å². The third-order valence-electron chi connectivity index (χ3n) is 6.67. The van der Waals surface area contributed by atoms with E-state index in [1.807, 2.05) is 24.3 Å². The van der Waals surface area contributed by atoms with Crippen molar-refractivity contribution in [2.75, 3.05) is 38.6 Å². The second kappa shape index (κ2) is 9.34. The van der Waals surface area contributed by atoms with Crippen molar-refractivity contribution in [3.8, 4) is 0 Å². The Morgan fingerprint density at radius 3 is 2.56 bits per heavy atom. The van der Waals surface area contributed by atoms with Crippen LogP contribution in [0.1, 0.15) is 30.4 Å². The quantitative estimate of drug-likeness (QED) is 0.487. The van der Waals surface area contributed by atoms with E-state index in [-0.39, 0.29) is 38.6 Å². The molecule has 32 heavy (non-hydrogen) atoms. The first-order valence-electron chi connectivity index (χ1n) is 10.9. The van der Waals surface area contributed by atoms with Crippen LogP contribution in [0.5, 0.6) is 0 Å². The highest BCUT2D eigenvalue weighted by atomic mass is 32.2. The van der Waals surface area contributed by atoms with Crippen molar-refractivity contribution in [1.29, 1.82) is 0 Å². The molecule has 0 aromatic heterocycles. The molecule has 3 aliphatic heterocycles. The van der Waals surface area contributed by atoms with Crippen LogP contribution >= 0.6 is 0 Å². The highest BCUT2D eigenvalue weighted by molar-refractivity contribution is 7.89. The summed E-state index contributed by atoms with van der Waals surface area (Å²) in [4.78, 5) is 26.5. The van der Waals surface area contributed by atoms with Crippen LogP contribution in [0.15, 0.2) is 24.3 Å². The van der Waals surface area contributed by atoms with Crippen molar-refractivity contribution in [1.82, 2.24) is 14.7 Å². The van der Waals surface area contributed by atoms with Gasteiger partial charge in [0.25, 0.3) is 5.91 Å². The summed E-state index contributed by atoms with van der Waals surface area (Å²) >= 11 is 0. The van der Waals surface area contributed by atoms with Crippen molar-refractivity contribution in [3.05, 3.63) is 35.4 Å². The van der Waals surface area contributed by atoms with Crippen molar-refractivity contribution in [2.45, 2.75) is 38.3 Å². The number of carbonyl (C=O) groups is 2. The van der Waals surface area contributed by atoms with E-state index in [0.717, 1.165) is 11.1 Å². The van der Waals surface area contributed by atoms with Gasteiger partial charge in [0.2, 0.25) is 10.0 Å². The maximum atomic E-state index is 13.3. The van der Waals surface area contributed by atoms with Gasteiger partial charge in [-0.25, -0.2) is 18.7 Å². The number of hydrogen-bond acceptors (Lipinski definition) is 7. The van der Waals surface area contributed by atoms with E-state index in [2.05, 4.69) is 0 Å². The van der Waals surface area contributed by atoms with E-state index >= 15 is 0 Å². The first kappa shape index (κ1) is 23.0. The number of benzene rings is 1. The Labute approximate surface area is 187 Å². The number of fused-ring (bicyclic) bond motifs is 1. The van der Waals surface area contributed by atoms with Crippen LogP contribution in [0.25, 0.3) is 0 Å². The second-order valence-electron chi connectivity index (χ2n) is 8.69. The van der Waals surface area contributed by atoms with Gasteiger partial charge in [-0.05, 0) is 30.4 Å². The number of piperidine rings is 1. The van der Waals surface area contributed by atoms with Crippen molar-refractivity contribution in [2.24, 2.45) is 5.41 Å². The molecule has 0 radical (unpaired) electrons. The molecule has 0 unspecified atom stereocenters. The average Bonchev–Trinajstić information content (AvgIpc) is 3.31. The lowest BCUT2D eigenvalue weighted by molar-refractivity contribution is -0.141. The number of hydrogen-bond donors (Lipinski definition) is 2. The zero-order chi connectivity index (χ0) is 22.8. The highest BCUT2D eigenvalue weighted by Crippen LogP contribution is 2.35. The van der Waals surface area contributed by atoms with Crippen molar-refractivity contribution < 1.29 is 32.7 Å². The van der Waals surface area contributed by atoms with E-state index in [4.69, 9.17) is 9.47 Å². The molecule has 0 aliphatic carbocycles. The zero-order valence-electron chi connectivity index (χ0n) is 17.9. The van der Waals surface area contributed by atoms with Gasteiger partial charge < -0.3 is 14.4 Å². The molecule has 1 aromatic rings. The Morgan fingerprint density at radius 1 is 1.19 bits per heavy atom. The SMILES string of the molecule is O=C(O[C@H]1CCOC1)N1CCC(CS(=O)(=O)N2CCc3ccccc3C2)(C(=O)NO)CC1. The number of nitrogens with one attached hydrogen (secondary N) is 1. The number of amides is 2. The van der Waals surface area contributed by atoms with Gasteiger partial charge in [0, 0.05) is 32.6 Å². The van der Waals surface area contributed by atoms with Gasteiger partial charge in [0.1, 0.15) is 6.10 Å². The molecule has 0 bridgehead atoms. The molecule has 1 atom stereocenters. The summed E-state index contributed by atoms with van der Waals surface area (Å²) in [5, 5.41) is 9.33. The van der Waals surface area contributed by atoms with Crippen molar-refractivity contribution in [3.63, 3.8) is 0 Å². The van der Waals surface area contributed by atoms with E-state index in [1.165, 1.54) is 9.21 Å². The lowest BCUT2D eigenvalue weighted by Crippen LogP contribution is -2.54. The molecule has 2 amide bonds. The van der Waals surface area contributed by atoms with Gasteiger partial charge >= 0.3 is 6.09 Å². The summed E-state index contributed by atoms with van der Waals surface area (Å²) in [5.41, 5.74) is 2.41. The lowest BCUT2D eigenvalue weighted by atomic mass is 9.79. The number of hydroxylamine groups is 1. The molecule has 2 saturated heterocycles. The molecule has 3 aliphatic rings. The minimum Gasteiger partial charge on any atom is -0.444 e. The molecular formula is C21H29N3O7S. The fourth-order valence-corrected chi connectivity index (χ4v) is 6.65. The molecule has 11 heteroatoms. The Bertz CT molecular complexity index is 954. The first-order valence-corrected chi connectivity index (χ1v) is 12.5. The van der Waals surface area contributed by atoms with Gasteiger partial charge in [0.05, 0.1) is 24.4 Å². The summed E-state index contributed by atoms with van der Waals surface area (Å²) in [7, 11) is -3.79. The van der Waals surface area contributed by atoms with E-state index < -0.39 is 33.2 Å². The monoisotopic (exact) mass is 467 g/mol. The molecule has 0 spiro atoms. The molecule has 3 heterocycles. The molecule has 2 fully saturated rings. The minimum absolute atomic E-state index is 0.110. The van der Waals surface area contributed by atoms with Crippen LogP contribution in [0.2, 0.25) is 0 Å². The van der Waals surface area contributed by atoms with E-state index in [9.17, 15) is 23.2 Å². The van der Waals surface area contributed by atoms with Gasteiger partial charge in [-0.1, -0.05) is 24.3 Å². The Hall–Kier alpha value is -2.21. The van der Waals surface area contributed by atoms with Crippen LogP contribution in [0, 0.1) is 5.41 Å². The molecule has 4 rings (SSSR count). The number of rotatable bonds is 5. The summed E-state index contributed by atoms with van der Waals surface area (Å²) < 4.78 is 38.6. The number of ether oxygens (including phenoxy) is 2. The Kier molecular flexibility index (Phi) is 6.70. The van der Waals surface area contributed by atoms with Crippen LogP contribution in [0.4, 0.5) is 4.79 Å². The number of sulfonamides is 1. The first-order chi connectivity index (χ1) is 15.3.